The maximum absolute atomic E-state index is 11.7. The van der Waals surface area contributed by atoms with Gasteiger partial charge in [-0.05, 0) is 26.2 Å². The van der Waals surface area contributed by atoms with Crippen LogP contribution in [0.5, 0.6) is 0 Å². The van der Waals surface area contributed by atoms with Gasteiger partial charge < -0.3 is 16.0 Å². The number of aromatic nitrogens is 1. The maximum atomic E-state index is 11.7. The van der Waals surface area contributed by atoms with Crippen molar-refractivity contribution in [2.24, 2.45) is 5.73 Å². The van der Waals surface area contributed by atoms with Gasteiger partial charge in [-0.3, -0.25) is 9.78 Å². The van der Waals surface area contributed by atoms with Crippen LogP contribution in [-0.2, 0) is 6.54 Å². The summed E-state index contributed by atoms with van der Waals surface area (Å²) in [5.41, 5.74) is 6.79. The first-order valence-corrected chi connectivity index (χ1v) is 5.21. The van der Waals surface area contributed by atoms with Gasteiger partial charge >= 0.3 is 0 Å². The minimum atomic E-state index is -0.0843. The first-order valence-electron chi connectivity index (χ1n) is 5.21. The highest BCUT2D eigenvalue weighted by Crippen LogP contribution is 2.00. The lowest BCUT2D eigenvalue weighted by molar-refractivity contribution is 0.0951. The SMILES string of the molecule is CN(C)CCNC(=O)c1ccnc(CN)c1. The predicted molar refractivity (Wildman–Crippen MR) is 63.0 cm³/mol. The summed E-state index contributed by atoms with van der Waals surface area (Å²) in [7, 11) is 3.93. The van der Waals surface area contributed by atoms with E-state index < -0.39 is 0 Å². The second kappa shape index (κ2) is 6.19. The molecule has 0 atom stereocenters. The van der Waals surface area contributed by atoms with E-state index in [-0.39, 0.29) is 5.91 Å². The van der Waals surface area contributed by atoms with Crippen LogP contribution in [0.2, 0.25) is 0 Å². The van der Waals surface area contributed by atoms with Crippen molar-refractivity contribution in [1.29, 1.82) is 0 Å². The maximum Gasteiger partial charge on any atom is 0.251 e. The number of likely N-dealkylation sites (N-methyl/N-ethyl adjacent to an activating group) is 1. The number of hydrogen-bond acceptors (Lipinski definition) is 4. The van der Waals surface area contributed by atoms with Gasteiger partial charge in [0.2, 0.25) is 0 Å². The van der Waals surface area contributed by atoms with Gasteiger partial charge in [0.1, 0.15) is 0 Å². The van der Waals surface area contributed by atoms with Crippen molar-refractivity contribution in [3.8, 4) is 0 Å². The highest BCUT2D eigenvalue weighted by atomic mass is 16.1. The van der Waals surface area contributed by atoms with Gasteiger partial charge in [-0.25, -0.2) is 0 Å². The van der Waals surface area contributed by atoms with Gasteiger partial charge in [-0.1, -0.05) is 0 Å². The Morgan fingerprint density at radius 3 is 2.94 bits per heavy atom. The number of pyridine rings is 1. The van der Waals surface area contributed by atoms with Crippen LogP contribution in [0.1, 0.15) is 16.1 Å². The van der Waals surface area contributed by atoms with E-state index in [4.69, 9.17) is 5.73 Å². The number of hydrogen-bond donors (Lipinski definition) is 2. The molecular weight excluding hydrogens is 204 g/mol. The first kappa shape index (κ1) is 12.6. The van der Waals surface area contributed by atoms with E-state index in [2.05, 4.69) is 10.3 Å². The predicted octanol–water partition coefficient (Wildman–Crippen LogP) is -0.168. The zero-order chi connectivity index (χ0) is 12.0. The monoisotopic (exact) mass is 222 g/mol. The van der Waals surface area contributed by atoms with Gasteiger partial charge in [0.05, 0.1) is 5.69 Å². The van der Waals surface area contributed by atoms with Crippen molar-refractivity contribution in [3.05, 3.63) is 29.6 Å². The number of carbonyl (C=O) groups excluding carboxylic acids is 1. The number of nitrogens with two attached hydrogens (primary N) is 1. The molecule has 5 heteroatoms. The fourth-order valence-electron chi connectivity index (χ4n) is 1.23. The van der Waals surface area contributed by atoms with Crippen molar-refractivity contribution in [2.45, 2.75) is 6.54 Å². The summed E-state index contributed by atoms with van der Waals surface area (Å²) in [4.78, 5) is 17.7. The second-order valence-electron chi connectivity index (χ2n) is 3.80. The molecule has 1 aromatic rings. The van der Waals surface area contributed by atoms with E-state index >= 15 is 0 Å². The molecule has 0 saturated heterocycles. The van der Waals surface area contributed by atoms with E-state index in [1.54, 1.807) is 18.3 Å². The van der Waals surface area contributed by atoms with Crippen molar-refractivity contribution in [2.75, 3.05) is 27.2 Å². The Labute approximate surface area is 95.7 Å². The van der Waals surface area contributed by atoms with E-state index in [9.17, 15) is 4.79 Å². The smallest absolute Gasteiger partial charge is 0.251 e. The van der Waals surface area contributed by atoms with E-state index in [1.807, 2.05) is 19.0 Å². The molecule has 0 fully saturated rings. The lowest BCUT2D eigenvalue weighted by atomic mass is 10.2. The number of nitrogens with one attached hydrogen (secondary N) is 1. The van der Waals surface area contributed by atoms with Crippen LogP contribution in [-0.4, -0.2) is 43.0 Å². The average molecular weight is 222 g/mol. The Hall–Kier alpha value is -1.46. The molecule has 1 aromatic heterocycles. The number of nitrogens with zero attached hydrogens (tertiary/aromatic N) is 2. The Balaban J connectivity index is 2.52. The Morgan fingerprint density at radius 2 is 2.31 bits per heavy atom. The summed E-state index contributed by atoms with van der Waals surface area (Å²) in [5.74, 6) is -0.0843. The molecule has 1 heterocycles. The van der Waals surface area contributed by atoms with Gasteiger partial charge in [-0.2, -0.15) is 0 Å². The summed E-state index contributed by atoms with van der Waals surface area (Å²) < 4.78 is 0. The summed E-state index contributed by atoms with van der Waals surface area (Å²) in [6, 6.07) is 3.40. The normalized spacial score (nSPS) is 10.5. The summed E-state index contributed by atoms with van der Waals surface area (Å²) in [6.07, 6.45) is 1.60. The lowest BCUT2D eigenvalue weighted by Crippen LogP contribution is -2.31. The number of carbonyl (C=O) groups is 1. The van der Waals surface area contributed by atoms with Crippen LogP contribution in [0.15, 0.2) is 18.3 Å². The van der Waals surface area contributed by atoms with Crippen molar-refractivity contribution < 1.29 is 4.79 Å². The van der Waals surface area contributed by atoms with Crippen molar-refractivity contribution >= 4 is 5.91 Å². The average Bonchev–Trinajstić information content (AvgIpc) is 2.28. The number of rotatable bonds is 5. The minimum absolute atomic E-state index is 0.0843. The Bertz CT molecular complexity index is 352. The molecule has 0 saturated carbocycles. The third kappa shape index (κ3) is 3.96. The number of amides is 1. The topological polar surface area (TPSA) is 71.2 Å². The standard InChI is InChI=1S/C11H18N4O/c1-15(2)6-5-14-11(16)9-3-4-13-10(7-9)8-12/h3-4,7H,5-6,8,12H2,1-2H3,(H,14,16). The fourth-order valence-corrected chi connectivity index (χ4v) is 1.23. The molecule has 0 bridgehead atoms. The Kier molecular flexibility index (Phi) is 4.88. The largest absolute Gasteiger partial charge is 0.351 e. The highest BCUT2D eigenvalue weighted by Gasteiger charge is 2.05. The van der Waals surface area contributed by atoms with E-state index in [0.29, 0.717) is 18.7 Å². The zero-order valence-corrected chi connectivity index (χ0v) is 9.73. The lowest BCUT2D eigenvalue weighted by Gasteiger charge is -2.10. The Morgan fingerprint density at radius 1 is 1.56 bits per heavy atom. The van der Waals surface area contributed by atoms with Crippen LogP contribution in [0, 0.1) is 0 Å². The van der Waals surface area contributed by atoms with E-state index in [0.717, 1.165) is 12.2 Å². The van der Waals surface area contributed by atoms with Crippen LogP contribution < -0.4 is 11.1 Å². The van der Waals surface area contributed by atoms with Crippen LogP contribution in [0.4, 0.5) is 0 Å². The van der Waals surface area contributed by atoms with Gasteiger partial charge in [0.15, 0.2) is 0 Å². The molecule has 5 nitrogen and oxygen atoms in total. The van der Waals surface area contributed by atoms with E-state index in [1.165, 1.54) is 0 Å². The molecule has 0 aliphatic rings. The van der Waals surface area contributed by atoms with Crippen molar-refractivity contribution in [3.63, 3.8) is 0 Å². The summed E-state index contributed by atoms with van der Waals surface area (Å²) >= 11 is 0. The molecule has 0 spiro atoms. The molecule has 0 aromatic carbocycles. The summed E-state index contributed by atoms with van der Waals surface area (Å²) in [5, 5.41) is 2.83. The zero-order valence-electron chi connectivity index (χ0n) is 9.73. The quantitative estimate of drug-likeness (QED) is 0.725. The molecule has 3 N–H and O–H groups in total. The molecule has 88 valence electrons. The summed E-state index contributed by atoms with van der Waals surface area (Å²) in [6.45, 7) is 1.80. The van der Waals surface area contributed by atoms with Gasteiger partial charge in [0.25, 0.3) is 5.91 Å². The van der Waals surface area contributed by atoms with Crippen LogP contribution >= 0.6 is 0 Å². The van der Waals surface area contributed by atoms with Crippen LogP contribution in [0.3, 0.4) is 0 Å². The van der Waals surface area contributed by atoms with Gasteiger partial charge in [0, 0.05) is 31.4 Å². The van der Waals surface area contributed by atoms with Crippen molar-refractivity contribution in [1.82, 2.24) is 15.2 Å². The molecule has 1 amide bonds. The molecular formula is C11H18N4O. The molecule has 0 aliphatic heterocycles. The fraction of sp³-hybridized carbons (Fsp3) is 0.455. The minimum Gasteiger partial charge on any atom is -0.351 e. The third-order valence-corrected chi connectivity index (χ3v) is 2.13. The first-order chi connectivity index (χ1) is 7.63. The molecule has 0 radical (unpaired) electrons. The molecule has 0 unspecified atom stereocenters. The molecule has 1 rings (SSSR count). The van der Waals surface area contributed by atoms with Gasteiger partial charge in [-0.15, -0.1) is 0 Å². The third-order valence-electron chi connectivity index (χ3n) is 2.13. The molecule has 16 heavy (non-hydrogen) atoms. The highest BCUT2D eigenvalue weighted by molar-refractivity contribution is 5.94. The second-order valence-corrected chi connectivity index (χ2v) is 3.80. The van der Waals surface area contributed by atoms with Crippen LogP contribution in [0.25, 0.3) is 0 Å². The molecule has 0 aliphatic carbocycles.